The van der Waals surface area contributed by atoms with Crippen LogP contribution in [-0.2, 0) is 4.79 Å². The van der Waals surface area contributed by atoms with E-state index in [1.807, 2.05) is 51.1 Å². The number of hydrogen-bond donors (Lipinski definition) is 1. The Balaban J connectivity index is 2.06. The zero-order valence-corrected chi connectivity index (χ0v) is 13.8. The van der Waals surface area contributed by atoms with Crippen molar-refractivity contribution in [2.24, 2.45) is 0 Å². The lowest BCUT2D eigenvalue weighted by molar-refractivity contribution is -0.122. The van der Waals surface area contributed by atoms with Gasteiger partial charge in [-0.1, -0.05) is 36.2 Å². The van der Waals surface area contributed by atoms with Crippen molar-refractivity contribution in [3.63, 3.8) is 0 Å². The molecule has 0 heterocycles. The Labute approximate surface area is 136 Å². The summed E-state index contributed by atoms with van der Waals surface area (Å²) in [6.45, 7) is 5.84. The highest BCUT2D eigenvalue weighted by atomic mass is 35.5. The molecule has 0 aliphatic carbocycles. The molecule has 2 aromatic rings. The van der Waals surface area contributed by atoms with E-state index in [2.05, 4.69) is 5.32 Å². The van der Waals surface area contributed by atoms with Crippen LogP contribution >= 0.6 is 11.6 Å². The van der Waals surface area contributed by atoms with Crippen molar-refractivity contribution in [1.82, 2.24) is 0 Å². The first-order chi connectivity index (χ1) is 10.5. The van der Waals surface area contributed by atoms with Gasteiger partial charge < -0.3 is 10.1 Å². The van der Waals surface area contributed by atoms with Crippen molar-refractivity contribution in [2.45, 2.75) is 33.3 Å². The summed E-state index contributed by atoms with van der Waals surface area (Å²) in [5.74, 6) is 0.536. The van der Waals surface area contributed by atoms with Crippen molar-refractivity contribution < 1.29 is 9.53 Å². The molecular formula is C18H20ClNO2. The Bertz CT molecular complexity index is 653. The first kappa shape index (κ1) is 16.4. The Kier molecular flexibility index (Phi) is 5.45. The molecule has 3 nitrogen and oxygen atoms in total. The van der Waals surface area contributed by atoms with Gasteiger partial charge in [-0.2, -0.15) is 0 Å². The summed E-state index contributed by atoms with van der Waals surface area (Å²) < 4.78 is 5.78. The summed E-state index contributed by atoms with van der Waals surface area (Å²) in [6, 6.07) is 13.0. The van der Waals surface area contributed by atoms with Gasteiger partial charge in [-0.25, -0.2) is 0 Å². The zero-order valence-electron chi connectivity index (χ0n) is 13.0. The maximum atomic E-state index is 12.4. The van der Waals surface area contributed by atoms with Crippen LogP contribution < -0.4 is 10.1 Å². The van der Waals surface area contributed by atoms with E-state index in [4.69, 9.17) is 16.3 Å². The minimum Gasteiger partial charge on any atom is -0.481 e. The standard InChI is InChI=1S/C18H20ClNO2/c1-4-17(22-15-8-5-12(2)6-9-15)18(21)20-16-10-7-14(19)11-13(16)3/h5-11,17H,4H2,1-3H3,(H,20,21)/t17-/m1/s1. The van der Waals surface area contributed by atoms with Crippen LogP contribution in [0.3, 0.4) is 0 Å². The highest BCUT2D eigenvalue weighted by Gasteiger charge is 2.19. The minimum atomic E-state index is -0.530. The summed E-state index contributed by atoms with van der Waals surface area (Å²) in [5.41, 5.74) is 2.83. The van der Waals surface area contributed by atoms with Crippen LogP contribution in [0.15, 0.2) is 42.5 Å². The zero-order chi connectivity index (χ0) is 16.1. The van der Waals surface area contributed by atoms with E-state index in [1.54, 1.807) is 12.1 Å². The summed E-state index contributed by atoms with van der Waals surface area (Å²) in [4.78, 5) is 12.4. The first-order valence-corrected chi connectivity index (χ1v) is 7.67. The smallest absolute Gasteiger partial charge is 0.265 e. The second kappa shape index (κ2) is 7.32. The Hall–Kier alpha value is -2.00. The number of carbonyl (C=O) groups excluding carboxylic acids is 1. The third-order valence-electron chi connectivity index (χ3n) is 3.41. The number of nitrogens with one attached hydrogen (secondary N) is 1. The fourth-order valence-corrected chi connectivity index (χ4v) is 2.31. The van der Waals surface area contributed by atoms with Crippen LogP contribution in [-0.4, -0.2) is 12.0 Å². The molecule has 1 N–H and O–H groups in total. The van der Waals surface area contributed by atoms with Gasteiger partial charge in [-0.05, 0) is 56.2 Å². The van der Waals surface area contributed by atoms with E-state index in [0.717, 1.165) is 16.8 Å². The molecule has 0 saturated heterocycles. The van der Waals surface area contributed by atoms with Crippen molar-refractivity contribution in [3.8, 4) is 5.75 Å². The molecule has 0 fully saturated rings. The molecule has 0 aliphatic rings. The van der Waals surface area contributed by atoms with E-state index < -0.39 is 6.10 Å². The fourth-order valence-electron chi connectivity index (χ4n) is 2.08. The van der Waals surface area contributed by atoms with Gasteiger partial charge in [0.25, 0.3) is 5.91 Å². The largest absolute Gasteiger partial charge is 0.481 e. The van der Waals surface area contributed by atoms with Gasteiger partial charge in [0.05, 0.1) is 0 Å². The van der Waals surface area contributed by atoms with E-state index in [1.165, 1.54) is 0 Å². The normalized spacial score (nSPS) is 11.8. The van der Waals surface area contributed by atoms with Gasteiger partial charge in [0, 0.05) is 10.7 Å². The number of carbonyl (C=O) groups is 1. The Morgan fingerprint density at radius 3 is 2.45 bits per heavy atom. The van der Waals surface area contributed by atoms with Crippen LogP contribution in [0.1, 0.15) is 24.5 Å². The average molecular weight is 318 g/mol. The second-order valence-electron chi connectivity index (χ2n) is 5.28. The fraction of sp³-hybridized carbons (Fsp3) is 0.278. The van der Waals surface area contributed by atoms with Gasteiger partial charge >= 0.3 is 0 Å². The molecule has 0 bridgehead atoms. The summed E-state index contributed by atoms with van der Waals surface area (Å²) in [7, 11) is 0. The monoisotopic (exact) mass is 317 g/mol. The SMILES string of the molecule is CC[C@@H](Oc1ccc(C)cc1)C(=O)Nc1ccc(Cl)cc1C. The van der Waals surface area contributed by atoms with Crippen LogP contribution in [0, 0.1) is 13.8 Å². The third kappa shape index (κ3) is 4.25. The predicted molar refractivity (Wildman–Crippen MR) is 90.7 cm³/mol. The number of benzene rings is 2. The van der Waals surface area contributed by atoms with Crippen LogP contribution in [0.4, 0.5) is 5.69 Å². The van der Waals surface area contributed by atoms with E-state index in [0.29, 0.717) is 17.2 Å². The molecule has 1 amide bonds. The highest BCUT2D eigenvalue weighted by Crippen LogP contribution is 2.21. The summed E-state index contributed by atoms with van der Waals surface area (Å²) in [6.07, 6.45) is 0.0598. The van der Waals surface area contributed by atoms with Gasteiger partial charge in [-0.15, -0.1) is 0 Å². The van der Waals surface area contributed by atoms with Crippen molar-refractivity contribution >= 4 is 23.2 Å². The van der Waals surface area contributed by atoms with Crippen LogP contribution in [0.25, 0.3) is 0 Å². The Morgan fingerprint density at radius 2 is 1.86 bits per heavy atom. The number of ether oxygens (including phenoxy) is 1. The van der Waals surface area contributed by atoms with Crippen LogP contribution in [0.2, 0.25) is 5.02 Å². The molecule has 2 rings (SSSR count). The predicted octanol–water partition coefficient (Wildman–Crippen LogP) is 4.75. The van der Waals surface area contributed by atoms with Crippen molar-refractivity contribution in [3.05, 3.63) is 58.6 Å². The maximum absolute atomic E-state index is 12.4. The second-order valence-corrected chi connectivity index (χ2v) is 5.71. The van der Waals surface area contributed by atoms with Crippen molar-refractivity contribution in [1.29, 1.82) is 0 Å². The third-order valence-corrected chi connectivity index (χ3v) is 3.64. The molecule has 4 heteroatoms. The quantitative estimate of drug-likeness (QED) is 0.864. The van der Waals surface area contributed by atoms with E-state index >= 15 is 0 Å². The molecule has 0 unspecified atom stereocenters. The molecule has 0 saturated carbocycles. The van der Waals surface area contributed by atoms with Crippen LogP contribution in [0.5, 0.6) is 5.75 Å². The number of anilines is 1. The van der Waals surface area contributed by atoms with Gasteiger partial charge in [-0.3, -0.25) is 4.79 Å². The molecule has 2 aromatic carbocycles. The number of halogens is 1. The lowest BCUT2D eigenvalue weighted by Gasteiger charge is -2.18. The Morgan fingerprint density at radius 1 is 1.18 bits per heavy atom. The van der Waals surface area contributed by atoms with Crippen molar-refractivity contribution in [2.75, 3.05) is 5.32 Å². The summed E-state index contributed by atoms with van der Waals surface area (Å²) >= 11 is 5.93. The van der Waals surface area contributed by atoms with E-state index in [9.17, 15) is 4.79 Å². The first-order valence-electron chi connectivity index (χ1n) is 7.30. The molecule has 0 aliphatic heterocycles. The van der Waals surface area contributed by atoms with Gasteiger partial charge in [0.2, 0.25) is 0 Å². The number of rotatable bonds is 5. The lowest BCUT2D eigenvalue weighted by atomic mass is 10.2. The highest BCUT2D eigenvalue weighted by molar-refractivity contribution is 6.30. The van der Waals surface area contributed by atoms with Gasteiger partial charge in [0.1, 0.15) is 5.75 Å². The number of amides is 1. The van der Waals surface area contributed by atoms with Gasteiger partial charge in [0.15, 0.2) is 6.10 Å². The minimum absolute atomic E-state index is 0.159. The van der Waals surface area contributed by atoms with E-state index in [-0.39, 0.29) is 5.91 Å². The molecule has 0 radical (unpaired) electrons. The average Bonchev–Trinajstić information content (AvgIpc) is 2.49. The number of aryl methyl sites for hydroxylation is 2. The molecular weight excluding hydrogens is 298 g/mol. The molecule has 0 spiro atoms. The lowest BCUT2D eigenvalue weighted by Crippen LogP contribution is -2.32. The maximum Gasteiger partial charge on any atom is 0.265 e. The molecule has 22 heavy (non-hydrogen) atoms. The molecule has 0 aromatic heterocycles. The molecule has 1 atom stereocenters. The molecule has 116 valence electrons. The topological polar surface area (TPSA) is 38.3 Å². The summed E-state index contributed by atoms with van der Waals surface area (Å²) in [5, 5.41) is 3.55. The number of hydrogen-bond acceptors (Lipinski definition) is 2.